The molecule has 8 heteroatoms. The second-order valence-electron chi connectivity index (χ2n) is 10.1. The van der Waals surface area contributed by atoms with Crippen molar-refractivity contribution in [3.8, 4) is 5.88 Å². The zero-order valence-corrected chi connectivity index (χ0v) is 22.6. The number of hydrogen-bond acceptors (Lipinski definition) is 6. The van der Waals surface area contributed by atoms with Crippen LogP contribution in [-0.4, -0.2) is 45.9 Å². The third-order valence-corrected chi connectivity index (χ3v) is 6.56. The summed E-state index contributed by atoms with van der Waals surface area (Å²) in [6, 6.07) is 10.1. The second kappa shape index (κ2) is 12.7. The molecule has 3 rings (SSSR count). The van der Waals surface area contributed by atoms with Crippen LogP contribution >= 0.6 is 11.7 Å². The van der Waals surface area contributed by atoms with Crippen molar-refractivity contribution in [2.75, 3.05) is 26.7 Å². The minimum atomic E-state index is -0.571. The van der Waals surface area contributed by atoms with E-state index in [4.69, 9.17) is 9.47 Å². The largest absolute Gasteiger partial charge is 1.00 e. The van der Waals surface area contributed by atoms with E-state index < -0.39 is 11.6 Å². The number of carbonyl (C=O) groups excluding carboxylic acids is 1. The lowest BCUT2D eigenvalue weighted by Gasteiger charge is -2.43. The third kappa shape index (κ3) is 7.27. The molecule has 2 aromatic rings. The zero-order chi connectivity index (χ0) is 23.9. The highest BCUT2D eigenvalue weighted by atomic mass is 35.5. The van der Waals surface area contributed by atoms with Crippen LogP contribution in [-0.2, 0) is 9.53 Å². The SMILES string of the molecule is CCCCCCOc1nsnc1C1=CCC[N+](C)(C(OC(=O)C(C)(C)C)c2ccccc2)C1.[Cl-]. The summed E-state index contributed by atoms with van der Waals surface area (Å²) in [5.74, 6) is 0.428. The Morgan fingerprint density at radius 2 is 1.88 bits per heavy atom. The maximum Gasteiger partial charge on any atom is 0.315 e. The number of carbonyl (C=O) groups is 1. The first kappa shape index (κ1) is 28.3. The Balaban J connectivity index is 0.00000408. The van der Waals surface area contributed by atoms with Gasteiger partial charge >= 0.3 is 5.97 Å². The fraction of sp³-hybridized carbons (Fsp3) is 0.577. The number of quaternary nitrogens is 1. The summed E-state index contributed by atoms with van der Waals surface area (Å²) in [6.45, 7) is 10.1. The summed E-state index contributed by atoms with van der Waals surface area (Å²) in [5, 5.41) is 0. The third-order valence-electron chi connectivity index (χ3n) is 6.04. The molecule has 1 aliphatic heterocycles. The van der Waals surface area contributed by atoms with Gasteiger partial charge in [0.15, 0.2) is 0 Å². The number of benzene rings is 1. The average molecular weight is 508 g/mol. The van der Waals surface area contributed by atoms with Crippen LogP contribution in [0.4, 0.5) is 0 Å². The molecule has 34 heavy (non-hydrogen) atoms. The van der Waals surface area contributed by atoms with Crippen LogP contribution in [0, 0.1) is 5.41 Å². The first-order chi connectivity index (χ1) is 15.7. The minimum Gasteiger partial charge on any atom is -1.00 e. The van der Waals surface area contributed by atoms with E-state index in [-0.39, 0.29) is 18.4 Å². The van der Waals surface area contributed by atoms with Crippen molar-refractivity contribution in [3.63, 3.8) is 0 Å². The number of esters is 1. The van der Waals surface area contributed by atoms with Crippen molar-refractivity contribution in [1.82, 2.24) is 8.75 Å². The molecule has 2 unspecified atom stereocenters. The fourth-order valence-corrected chi connectivity index (χ4v) is 4.59. The summed E-state index contributed by atoms with van der Waals surface area (Å²) < 4.78 is 21.7. The number of ether oxygens (including phenoxy) is 2. The Kier molecular flexibility index (Phi) is 10.5. The maximum atomic E-state index is 12.9. The highest BCUT2D eigenvalue weighted by Gasteiger charge is 2.42. The lowest BCUT2D eigenvalue weighted by Crippen LogP contribution is -3.00. The van der Waals surface area contributed by atoms with E-state index >= 15 is 0 Å². The standard InChI is InChI=1S/C26H38N3O3S.ClH/c1-6-7-8-12-18-31-23-22(27-33-28-23)21-16-13-17-29(5,19-21)24(20-14-10-9-11-15-20)32-25(30)26(2,3)4;/h9-11,14-16,24H,6-8,12-13,17-19H2,1-5H3;1H/q+1;/p-1. The van der Waals surface area contributed by atoms with Gasteiger partial charge in [-0.15, -0.1) is 4.37 Å². The molecule has 6 nitrogen and oxygen atoms in total. The number of likely N-dealkylation sites (N-methyl/N-ethyl adjacent to an activating group) is 1. The van der Waals surface area contributed by atoms with Gasteiger partial charge in [-0.2, -0.15) is 4.37 Å². The Morgan fingerprint density at radius 3 is 2.56 bits per heavy atom. The molecule has 2 heterocycles. The van der Waals surface area contributed by atoms with Gasteiger partial charge in [0.05, 0.1) is 42.9 Å². The Hall–Kier alpha value is -1.96. The molecule has 0 amide bonds. The lowest BCUT2D eigenvalue weighted by atomic mass is 9.97. The summed E-state index contributed by atoms with van der Waals surface area (Å²) in [7, 11) is 2.16. The number of nitrogens with zero attached hydrogens (tertiary/aromatic N) is 3. The highest BCUT2D eigenvalue weighted by molar-refractivity contribution is 6.99. The van der Waals surface area contributed by atoms with Crippen LogP contribution < -0.4 is 17.1 Å². The Morgan fingerprint density at radius 1 is 1.15 bits per heavy atom. The van der Waals surface area contributed by atoms with Crippen molar-refractivity contribution >= 4 is 23.3 Å². The summed E-state index contributed by atoms with van der Waals surface area (Å²) >= 11 is 1.19. The van der Waals surface area contributed by atoms with Crippen molar-refractivity contribution in [3.05, 3.63) is 47.7 Å². The lowest BCUT2D eigenvalue weighted by molar-refractivity contribution is -0.953. The quantitative estimate of drug-likeness (QED) is 0.281. The number of unbranched alkanes of at least 4 members (excludes halogenated alkanes) is 3. The van der Waals surface area contributed by atoms with Crippen molar-refractivity contribution < 1.29 is 31.2 Å². The van der Waals surface area contributed by atoms with Gasteiger partial charge in [0.1, 0.15) is 12.2 Å². The van der Waals surface area contributed by atoms with E-state index in [0.717, 1.165) is 36.2 Å². The molecule has 0 aliphatic carbocycles. The zero-order valence-electron chi connectivity index (χ0n) is 21.1. The molecule has 0 saturated carbocycles. The normalized spacial score (nSPS) is 19.0. The Bertz CT molecular complexity index is 942. The number of hydrogen-bond donors (Lipinski definition) is 0. The first-order valence-electron chi connectivity index (χ1n) is 12.0. The smallest absolute Gasteiger partial charge is 0.315 e. The van der Waals surface area contributed by atoms with Crippen molar-refractivity contribution in [1.29, 1.82) is 0 Å². The molecule has 0 fully saturated rings. The van der Waals surface area contributed by atoms with Gasteiger partial charge in [0.2, 0.25) is 0 Å². The van der Waals surface area contributed by atoms with Crippen LogP contribution in [0.5, 0.6) is 5.88 Å². The van der Waals surface area contributed by atoms with Gasteiger partial charge in [-0.25, -0.2) is 0 Å². The Labute approximate surface area is 214 Å². The van der Waals surface area contributed by atoms with Crippen LogP contribution in [0.1, 0.15) is 77.3 Å². The number of aromatic nitrogens is 2. The van der Waals surface area contributed by atoms with E-state index in [1.807, 2.05) is 51.1 Å². The molecule has 1 aliphatic rings. The molecule has 2 atom stereocenters. The van der Waals surface area contributed by atoms with Crippen LogP contribution in [0.15, 0.2) is 36.4 Å². The van der Waals surface area contributed by atoms with Crippen LogP contribution in [0.25, 0.3) is 5.57 Å². The number of rotatable bonds is 10. The minimum absolute atomic E-state index is 0. The summed E-state index contributed by atoms with van der Waals surface area (Å²) in [5.41, 5.74) is 2.36. The molecule has 0 saturated heterocycles. The van der Waals surface area contributed by atoms with E-state index in [2.05, 4.69) is 28.8 Å². The maximum absolute atomic E-state index is 12.9. The second-order valence-corrected chi connectivity index (χ2v) is 10.7. The molecule has 0 spiro atoms. The monoisotopic (exact) mass is 507 g/mol. The van der Waals surface area contributed by atoms with Crippen molar-refractivity contribution in [2.45, 2.75) is 66.0 Å². The van der Waals surface area contributed by atoms with E-state index in [1.54, 1.807) is 0 Å². The van der Waals surface area contributed by atoms with Gasteiger partial charge in [-0.1, -0.05) is 50.5 Å². The van der Waals surface area contributed by atoms with Crippen LogP contribution in [0.3, 0.4) is 0 Å². The fourth-order valence-electron chi connectivity index (χ4n) is 4.06. The molecule has 0 bridgehead atoms. The van der Waals surface area contributed by atoms with E-state index in [1.165, 1.54) is 31.0 Å². The molecule has 0 radical (unpaired) electrons. The molecular weight excluding hydrogens is 470 g/mol. The van der Waals surface area contributed by atoms with Crippen LogP contribution in [0.2, 0.25) is 0 Å². The number of halogens is 1. The summed E-state index contributed by atoms with van der Waals surface area (Å²) in [4.78, 5) is 12.9. The molecular formula is C26H38ClN3O3S. The van der Waals surface area contributed by atoms with E-state index in [0.29, 0.717) is 23.5 Å². The average Bonchev–Trinajstić information content (AvgIpc) is 3.25. The van der Waals surface area contributed by atoms with Gasteiger partial charge in [0.25, 0.3) is 12.1 Å². The van der Waals surface area contributed by atoms with Gasteiger partial charge in [-0.05, 0) is 39.3 Å². The highest BCUT2D eigenvalue weighted by Crippen LogP contribution is 2.38. The topological polar surface area (TPSA) is 61.3 Å². The van der Waals surface area contributed by atoms with Gasteiger partial charge in [0, 0.05) is 12.0 Å². The summed E-state index contributed by atoms with van der Waals surface area (Å²) in [6.07, 6.45) is 7.32. The molecule has 1 aromatic heterocycles. The predicted molar refractivity (Wildman–Crippen MR) is 133 cm³/mol. The molecule has 1 aromatic carbocycles. The predicted octanol–water partition coefficient (Wildman–Crippen LogP) is 3.02. The molecule has 188 valence electrons. The van der Waals surface area contributed by atoms with E-state index in [9.17, 15) is 4.79 Å². The molecule has 0 N–H and O–H groups in total. The van der Waals surface area contributed by atoms with Gasteiger partial charge in [-0.3, -0.25) is 9.28 Å². The van der Waals surface area contributed by atoms with Crippen molar-refractivity contribution in [2.24, 2.45) is 5.41 Å². The first-order valence-corrected chi connectivity index (χ1v) is 12.7. The van der Waals surface area contributed by atoms with Gasteiger partial charge < -0.3 is 21.9 Å².